The number of benzene rings is 2. The predicted molar refractivity (Wildman–Crippen MR) is 77.3 cm³/mol. The van der Waals surface area contributed by atoms with E-state index in [9.17, 15) is 14.9 Å². The van der Waals surface area contributed by atoms with Gasteiger partial charge in [-0.05, 0) is 37.3 Å². The Morgan fingerprint density at radius 2 is 1.85 bits per heavy atom. The third-order valence-electron chi connectivity index (χ3n) is 2.60. The number of Topliss-reactive ketones (excluding diaryl/α,β-unsaturated/α-hetero) is 1. The van der Waals surface area contributed by atoms with Gasteiger partial charge in [0.1, 0.15) is 11.5 Å². The summed E-state index contributed by atoms with van der Waals surface area (Å²) in [5, 5.41) is 10.6. The molecule has 0 saturated heterocycles. The van der Waals surface area contributed by atoms with Crippen LogP contribution in [0, 0.1) is 10.1 Å². The van der Waals surface area contributed by atoms with Crippen molar-refractivity contribution in [1.82, 2.24) is 0 Å². The molecule has 0 saturated carbocycles. The zero-order chi connectivity index (χ0) is 14.7. The van der Waals surface area contributed by atoms with Crippen molar-refractivity contribution in [2.75, 3.05) is 0 Å². The molecule has 102 valence electrons. The number of halogens is 1. The van der Waals surface area contributed by atoms with E-state index in [-0.39, 0.29) is 11.5 Å². The van der Waals surface area contributed by atoms with E-state index in [1.165, 1.54) is 31.2 Å². The molecule has 0 fully saturated rings. The van der Waals surface area contributed by atoms with Gasteiger partial charge < -0.3 is 4.74 Å². The highest BCUT2D eigenvalue weighted by Gasteiger charge is 2.11. The van der Waals surface area contributed by atoms with Crippen molar-refractivity contribution in [3.63, 3.8) is 0 Å². The molecule has 20 heavy (non-hydrogen) atoms. The number of rotatable bonds is 4. The summed E-state index contributed by atoms with van der Waals surface area (Å²) in [6.45, 7) is 1.45. The largest absolute Gasteiger partial charge is 0.457 e. The van der Waals surface area contributed by atoms with Gasteiger partial charge in [0.25, 0.3) is 5.69 Å². The lowest BCUT2D eigenvalue weighted by molar-refractivity contribution is -0.384. The van der Waals surface area contributed by atoms with Crippen molar-refractivity contribution in [1.29, 1.82) is 0 Å². The van der Waals surface area contributed by atoms with E-state index in [4.69, 9.17) is 4.74 Å². The molecule has 0 aliphatic carbocycles. The summed E-state index contributed by atoms with van der Waals surface area (Å²) in [6.07, 6.45) is 0. The van der Waals surface area contributed by atoms with Gasteiger partial charge in [-0.2, -0.15) is 0 Å². The minimum absolute atomic E-state index is 0.0154. The van der Waals surface area contributed by atoms with E-state index < -0.39 is 4.92 Å². The van der Waals surface area contributed by atoms with E-state index in [0.29, 0.717) is 17.1 Å². The second kappa shape index (κ2) is 5.83. The van der Waals surface area contributed by atoms with Crippen LogP contribution in [-0.2, 0) is 0 Å². The van der Waals surface area contributed by atoms with Gasteiger partial charge in [-0.1, -0.05) is 15.9 Å². The first-order valence-corrected chi connectivity index (χ1v) is 6.49. The maximum Gasteiger partial charge on any atom is 0.269 e. The number of nitrogens with zero attached hydrogens (tertiary/aromatic N) is 1. The van der Waals surface area contributed by atoms with Gasteiger partial charge >= 0.3 is 0 Å². The van der Waals surface area contributed by atoms with Crippen LogP contribution < -0.4 is 4.74 Å². The van der Waals surface area contributed by atoms with Crippen LogP contribution in [-0.4, -0.2) is 10.7 Å². The van der Waals surface area contributed by atoms with Gasteiger partial charge in [-0.15, -0.1) is 0 Å². The molecule has 0 aliphatic heterocycles. The molecular formula is C14H10BrNO4. The van der Waals surface area contributed by atoms with Crippen molar-refractivity contribution in [2.45, 2.75) is 6.92 Å². The molecule has 2 aromatic carbocycles. The third kappa shape index (κ3) is 3.21. The highest BCUT2D eigenvalue weighted by molar-refractivity contribution is 9.10. The van der Waals surface area contributed by atoms with E-state index >= 15 is 0 Å². The van der Waals surface area contributed by atoms with Crippen molar-refractivity contribution in [2.24, 2.45) is 0 Å². The summed E-state index contributed by atoms with van der Waals surface area (Å²) in [4.78, 5) is 21.6. The SMILES string of the molecule is CC(=O)c1ccc(Br)cc1Oc1ccc([N+](=O)[O-])cc1. The molecular weight excluding hydrogens is 326 g/mol. The Kier molecular flexibility index (Phi) is 4.14. The molecule has 2 aromatic rings. The van der Waals surface area contributed by atoms with Gasteiger partial charge in [0.2, 0.25) is 0 Å². The lowest BCUT2D eigenvalue weighted by Crippen LogP contribution is -1.97. The second-order valence-electron chi connectivity index (χ2n) is 4.05. The number of carbonyl (C=O) groups excluding carboxylic acids is 1. The Labute approximate surface area is 123 Å². The summed E-state index contributed by atoms with van der Waals surface area (Å²) in [6, 6.07) is 10.8. The molecule has 6 heteroatoms. The molecule has 0 N–H and O–H groups in total. The number of hydrogen-bond donors (Lipinski definition) is 0. The molecule has 0 aliphatic rings. The second-order valence-corrected chi connectivity index (χ2v) is 4.97. The Morgan fingerprint density at radius 1 is 1.20 bits per heavy atom. The minimum Gasteiger partial charge on any atom is -0.457 e. The average molecular weight is 336 g/mol. The molecule has 5 nitrogen and oxygen atoms in total. The van der Waals surface area contributed by atoms with Crippen LogP contribution in [0.3, 0.4) is 0 Å². The fourth-order valence-electron chi connectivity index (χ4n) is 1.63. The molecule has 0 aromatic heterocycles. The number of ether oxygens (including phenoxy) is 1. The fraction of sp³-hybridized carbons (Fsp3) is 0.0714. The van der Waals surface area contributed by atoms with Crippen LogP contribution in [0.4, 0.5) is 5.69 Å². The number of ketones is 1. The average Bonchev–Trinajstić information content (AvgIpc) is 2.39. The zero-order valence-electron chi connectivity index (χ0n) is 10.5. The summed E-state index contributed by atoms with van der Waals surface area (Å²) >= 11 is 3.31. The summed E-state index contributed by atoms with van der Waals surface area (Å²) < 4.78 is 6.39. The lowest BCUT2D eigenvalue weighted by Gasteiger charge is -2.09. The number of nitro groups is 1. The van der Waals surface area contributed by atoms with Crippen molar-refractivity contribution in [3.05, 3.63) is 62.6 Å². The maximum atomic E-state index is 11.5. The number of nitro benzene ring substituents is 1. The first kappa shape index (κ1) is 14.2. The van der Waals surface area contributed by atoms with Crippen LogP contribution in [0.15, 0.2) is 46.9 Å². The van der Waals surface area contributed by atoms with Crippen molar-refractivity contribution < 1.29 is 14.5 Å². The molecule has 0 bridgehead atoms. The molecule has 0 unspecified atom stereocenters. The van der Waals surface area contributed by atoms with Crippen LogP contribution in [0.2, 0.25) is 0 Å². The zero-order valence-corrected chi connectivity index (χ0v) is 12.1. The molecule has 2 rings (SSSR count). The van der Waals surface area contributed by atoms with E-state index in [2.05, 4.69) is 15.9 Å². The Morgan fingerprint density at radius 3 is 2.40 bits per heavy atom. The first-order chi connectivity index (χ1) is 9.47. The fourth-order valence-corrected chi connectivity index (χ4v) is 1.97. The van der Waals surface area contributed by atoms with Crippen LogP contribution >= 0.6 is 15.9 Å². The normalized spacial score (nSPS) is 10.1. The highest BCUT2D eigenvalue weighted by atomic mass is 79.9. The Bertz CT molecular complexity index is 667. The Balaban J connectivity index is 2.31. The quantitative estimate of drug-likeness (QED) is 0.473. The highest BCUT2D eigenvalue weighted by Crippen LogP contribution is 2.29. The van der Waals surface area contributed by atoms with Crippen molar-refractivity contribution in [3.8, 4) is 11.5 Å². The first-order valence-electron chi connectivity index (χ1n) is 5.70. The Hall–Kier alpha value is -2.21. The summed E-state index contributed by atoms with van der Waals surface area (Å²) in [5.41, 5.74) is 0.435. The van der Waals surface area contributed by atoms with Crippen LogP contribution in [0.25, 0.3) is 0 Å². The van der Waals surface area contributed by atoms with Gasteiger partial charge in [0.15, 0.2) is 5.78 Å². The minimum atomic E-state index is -0.482. The summed E-state index contributed by atoms with van der Waals surface area (Å²) in [5.74, 6) is 0.714. The van der Waals surface area contributed by atoms with Gasteiger partial charge in [0, 0.05) is 16.6 Å². The molecule has 0 atom stereocenters. The maximum absolute atomic E-state index is 11.5. The monoisotopic (exact) mass is 335 g/mol. The van der Waals surface area contributed by atoms with E-state index in [1.54, 1.807) is 18.2 Å². The van der Waals surface area contributed by atoms with Gasteiger partial charge in [-0.25, -0.2) is 0 Å². The van der Waals surface area contributed by atoms with E-state index in [0.717, 1.165) is 4.47 Å². The van der Waals surface area contributed by atoms with Crippen LogP contribution in [0.5, 0.6) is 11.5 Å². The van der Waals surface area contributed by atoms with Gasteiger partial charge in [0.05, 0.1) is 10.5 Å². The lowest BCUT2D eigenvalue weighted by atomic mass is 10.1. The topological polar surface area (TPSA) is 69.4 Å². The smallest absolute Gasteiger partial charge is 0.269 e. The third-order valence-corrected chi connectivity index (χ3v) is 3.09. The predicted octanol–water partition coefficient (Wildman–Crippen LogP) is 4.35. The molecule has 0 amide bonds. The number of carbonyl (C=O) groups is 1. The van der Waals surface area contributed by atoms with E-state index in [1.807, 2.05) is 0 Å². The standard InChI is InChI=1S/C14H10BrNO4/c1-9(17)13-7-2-10(15)8-14(13)20-12-5-3-11(4-6-12)16(18)19/h2-8H,1H3. The van der Waals surface area contributed by atoms with Crippen LogP contribution in [0.1, 0.15) is 17.3 Å². The summed E-state index contributed by atoms with van der Waals surface area (Å²) in [7, 11) is 0. The number of non-ortho nitro benzene ring substituents is 1. The number of hydrogen-bond acceptors (Lipinski definition) is 4. The van der Waals surface area contributed by atoms with Crippen molar-refractivity contribution >= 4 is 27.4 Å². The molecule has 0 spiro atoms. The molecule has 0 heterocycles. The molecule has 0 radical (unpaired) electrons. The van der Waals surface area contributed by atoms with Gasteiger partial charge in [-0.3, -0.25) is 14.9 Å².